The quantitative estimate of drug-likeness (QED) is 0.617. The zero-order valence-electron chi connectivity index (χ0n) is 8.39. The molecule has 0 aromatic heterocycles. The van der Waals surface area contributed by atoms with Crippen molar-refractivity contribution >= 4 is 0 Å². The molecule has 0 amide bonds. The summed E-state index contributed by atoms with van der Waals surface area (Å²) in [5.41, 5.74) is 0. The number of rotatable bonds is 2. The van der Waals surface area contributed by atoms with Crippen LogP contribution >= 0.6 is 0 Å². The zero-order chi connectivity index (χ0) is 9.80. The second-order valence-corrected chi connectivity index (χ2v) is 3.64. The van der Waals surface area contributed by atoms with Gasteiger partial charge >= 0.3 is 0 Å². The lowest BCUT2D eigenvalue weighted by atomic mass is 10.4. The lowest BCUT2D eigenvalue weighted by molar-refractivity contribution is -0.159. The highest BCUT2D eigenvalue weighted by atomic mass is 16.5. The second kappa shape index (κ2) is 5.04. The van der Waals surface area contributed by atoms with E-state index in [0.717, 1.165) is 52.6 Å². The van der Waals surface area contributed by atoms with E-state index in [9.17, 15) is 5.11 Å². The standard InChI is InChI=1S/C9H18N2O3/c12-9(10-1-5-13-6-2-10)11-3-7-14-8-4-11/h9,12H,1-8H2. The third-order valence-electron chi connectivity index (χ3n) is 2.74. The molecule has 0 unspecified atom stereocenters. The van der Waals surface area contributed by atoms with Crippen LogP contribution in [0.5, 0.6) is 0 Å². The molecule has 2 aliphatic heterocycles. The van der Waals surface area contributed by atoms with Gasteiger partial charge < -0.3 is 14.6 Å². The fraction of sp³-hybridized carbons (Fsp3) is 1.00. The number of morpholine rings is 2. The molecule has 0 aliphatic carbocycles. The fourth-order valence-electron chi connectivity index (χ4n) is 1.85. The van der Waals surface area contributed by atoms with Gasteiger partial charge in [0, 0.05) is 26.2 Å². The van der Waals surface area contributed by atoms with Gasteiger partial charge in [0.05, 0.1) is 26.4 Å². The average molecular weight is 202 g/mol. The van der Waals surface area contributed by atoms with Gasteiger partial charge in [-0.15, -0.1) is 0 Å². The highest BCUT2D eigenvalue weighted by Crippen LogP contribution is 2.08. The number of aliphatic hydroxyl groups excluding tert-OH is 1. The van der Waals surface area contributed by atoms with Crippen molar-refractivity contribution in [3.8, 4) is 0 Å². The summed E-state index contributed by atoms with van der Waals surface area (Å²) in [4.78, 5) is 4.10. The highest BCUT2D eigenvalue weighted by molar-refractivity contribution is 4.69. The molecule has 2 saturated heterocycles. The van der Waals surface area contributed by atoms with Crippen LogP contribution in [0, 0.1) is 0 Å². The van der Waals surface area contributed by atoms with Crippen LogP contribution in [0.25, 0.3) is 0 Å². The molecule has 82 valence electrons. The minimum Gasteiger partial charge on any atom is -0.379 e. The number of nitrogens with zero attached hydrogens (tertiary/aromatic N) is 2. The molecule has 0 atom stereocenters. The Morgan fingerprint density at radius 2 is 1.14 bits per heavy atom. The Morgan fingerprint density at radius 3 is 1.50 bits per heavy atom. The first-order valence-electron chi connectivity index (χ1n) is 5.19. The molecule has 0 aromatic carbocycles. The van der Waals surface area contributed by atoms with Gasteiger partial charge in [0.2, 0.25) is 0 Å². The second-order valence-electron chi connectivity index (χ2n) is 3.64. The summed E-state index contributed by atoms with van der Waals surface area (Å²) in [7, 11) is 0. The minimum atomic E-state index is -0.456. The zero-order valence-corrected chi connectivity index (χ0v) is 8.39. The van der Waals surface area contributed by atoms with E-state index in [1.807, 2.05) is 0 Å². The lowest BCUT2D eigenvalue weighted by Crippen LogP contribution is -2.55. The molecule has 5 nitrogen and oxygen atoms in total. The normalized spacial score (nSPS) is 27.0. The highest BCUT2D eigenvalue weighted by Gasteiger charge is 2.25. The Kier molecular flexibility index (Phi) is 3.72. The van der Waals surface area contributed by atoms with Crippen molar-refractivity contribution in [3.05, 3.63) is 0 Å². The Hall–Kier alpha value is -0.200. The molecule has 0 aromatic rings. The van der Waals surface area contributed by atoms with Crippen molar-refractivity contribution in [3.63, 3.8) is 0 Å². The van der Waals surface area contributed by atoms with Gasteiger partial charge in [0.15, 0.2) is 6.35 Å². The molecular formula is C9H18N2O3. The predicted octanol–water partition coefficient (Wildman–Crippen LogP) is -1.07. The summed E-state index contributed by atoms with van der Waals surface area (Å²) in [6.45, 7) is 6.17. The first-order valence-corrected chi connectivity index (χ1v) is 5.19. The summed E-state index contributed by atoms with van der Waals surface area (Å²) in [5.74, 6) is 0. The Morgan fingerprint density at radius 1 is 0.786 bits per heavy atom. The molecule has 0 bridgehead atoms. The van der Waals surface area contributed by atoms with Crippen LogP contribution in [-0.4, -0.2) is 73.9 Å². The monoisotopic (exact) mass is 202 g/mol. The van der Waals surface area contributed by atoms with E-state index in [2.05, 4.69) is 9.80 Å². The van der Waals surface area contributed by atoms with Crippen LogP contribution in [-0.2, 0) is 9.47 Å². The molecule has 5 heteroatoms. The maximum atomic E-state index is 10.0. The summed E-state index contributed by atoms with van der Waals surface area (Å²) < 4.78 is 10.5. The first-order chi connectivity index (χ1) is 6.88. The number of ether oxygens (including phenoxy) is 2. The topological polar surface area (TPSA) is 45.2 Å². The van der Waals surface area contributed by atoms with Gasteiger partial charge in [-0.2, -0.15) is 0 Å². The van der Waals surface area contributed by atoms with Gasteiger partial charge in [0.25, 0.3) is 0 Å². The smallest absolute Gasteiger partial charge is 0.165 e. The molecule has 14 heavy (non-hydrogen) atoms. The van der Waals surface area contributed by atoms with Crippen LogP contribution in [0.2, 0.25) is 0 Å². The van der Waals surface area contributed by atoms with E-state index >= 15 is 0 Å². The van der Waals surface area contributed by atoms with Gasteiger partial charge in [-0.1, -0.05) is 0 Å². The molecule has 2 aliphatic rings. The molecule has 2 rings (SSSR count). The van der Waals surface area contributed by atoms with Crippen LogP contribution in [0.3, 0.4) is 0 Å². The van der Waals surface area contributed by atoms with Crippen molar-refractivity contribution in [1.82, 2.24) is 9.80 Å². The summed E-state index contributed by atoms with van der Waals surface area (Å²) >= 11 is 0. The van der Waals surface area contributed by atoms with Crippen molar-refractivity contribution in [2.45, 2.75) is 6.35 Å². The van der Waals surface area contributed by atoms with Gasteiger partial charge in [0.1, 0.15) is 0 Å². The van der Waals surface area contributed by atoms with Crippen LogP contribution in [0.1, 0.15) is 0 Å². The Bertz CT molecular complexity index is 149. The first kappa shape index (κ1) is 10.3. The number of aliphatic hydroxyl groups is 1. The molecule has 0 spiro atoms. The molecule has 2 fully saturated rings. The SMILES string of the molecule is OC(N1CCOCC1)N1CCOCC1. The van der Waals surface area contributed by atoms with Gasteiger partial charge in [-0.3, -0.25) is 9.80 Å². The molecule has 1 N–H and O–H groups in total. The largest absolute Gasteiger partial charge is 0.379 e. The third-order valence-corrected chi connectivity index (χ3v) is 2.74. The van der Waals surface area contributed by atoms with Crippen molar-refractivity contribution in [2.75, 3.05) is 52.6 Å². The maximum Gasteiger partial charge on any atom is 0.165 e. The van der Waals surface area contributed by atoms with E-state index in [-0.39, 0.29) is 0 Å². The summed E-state index contributed by atoms with van der Waals surface area (Å²) in [6, 6.07) is 0. The third kappa shape index (κ3) is 2.43. The van der Waals surface area contributed by atoms with Crippen LogP contribution in [0.15, 0.2) is 0 Å². The molecule has 2 heterocycles. The van der Waals surface area contributed by atoms with Gasteiger partial charge in [-0.25, -0.2) is 0 Å². The number of hydrogen-bond donors (Lipinski definition) is 1. The summed E-state index contributed by atoms with van der Waals surface area (Å²) in [6.07, 6.45) is -0.456. The summed E-state index contributed by atoms with van der Waals surface area (Å²) in [5, 5.41) is 10.0. The van der Waals surface area contributed by atoms with E-state index in [1.54, 1.807) is 0 Å². The fourth-order valence-corrected chi connectivity index (χ4v) is 1.85. The van der Waals surface area contributed by atoms with Gasteiger partial charge in [-0.05, 0) is 0 Å². The predicted molar refractivity (Wildman–Crippen MR) is 50.8 cm³/mol. The van der Waals surface area contributed by atoms with E-state index in [4.69, 9.17) is 9.47 Å². The van der Waals surface area contributed by atoms with E-state index in [1.165, 1.54) is 0 Å². The van der Waals surface area contributed by atoms with E-state index in [0.29, 0.717) is 0 Å². The van der Waals surface area contributed by atoms with E-state index < -0.39 is 6.35 Å². The van der Waals surface area contributed by atoms with Crippen LogP contribution < -0.4 is 0 Å². The Balaban J connectivity index is 1.82. The average Bonchev–Trinajstić information content (AvgIpc) is 2.30. The maximum absolute atomic E-state index is 10.0. The van der Waals surface area contributed by atoms with Crippen molar-refractivity contribution < 1.29 is 14.6 Å². The van der Waals surface area contributed by atoms with Crippen LogP contribution in [0.4, 0.5) is 0 Å². The minimum absolute atomic E-state index is 0.456. The van der Waals surface area contributed by atoms with Crippen molar-refractivity contribution in [1.29, 1.82) is 0 Å². The number of hydrogen-bond acceptors (Lipinski definition) is 5. The van der Waals surface area contributed by atoms with Crippen molar-refractivity contribution in [2.24, 2.45) is 0 Å². The molecule has 0 radical (unpaired) electrons. The lowest BCUT2D eigenvalue weighted by Gasteiger charge is -2.39. The molecular weight excluding hydrogens is 184 g/mol. The Labute approximate surface area is 84.2 Å². The molecule has 0 saturated carbocycles.